The first-order chi connectivity index (χ1) is 14.5. The maximum Gasteiger partial charge on any atom is 0.303 e. The van der Waals surface area contributed by atoms with Crippen LogP contribution >= 0.6 is 0 Å². The van der Waals surface area contributed by atoms with E-state index >= 15 is 0 Å². The van der Waals surface area contributed by atoms with Gasteiger partial charge >= 0.3 is 5.97 Å². The van der Waals surface area contributed by atoms with Crippen molar-refractivity contribution in [2.75, 3.05) is 0 Å². The van der Waals surface area contributed by atoms with Gasteiger partial charge in [-0.05, 0) is 79.4 Å². The minimum Gasteiger partial charge on any atom is -0.481 e. The predicted octanol–water partition coefficient (Wildman–Crippen LogP) is 4.50. The van der Waals surface area contributed by atoms with E-state index in [4.69, 9.17) is 5.11 Å². The molecule has 0 radical (unpaired) electrons. The molecule has 4 aliphatic carbocycles. The van der Waals surface area contributed by atoms with Gasteiger partial charge in [0.15, 0.2) is 0 Å². The standard InChI is InChI=1S/C26H40O5/c1-5-16-19-12-15(27)10-11-25(19,3)23-20(28)13-26(4)17(14(2)6-9-21(29)30)7-8-18(26)22(23)24(16)31/h14-19,22-23,27H,5-13H2,1-4H3,(H,29,30)/t14-,15-,16-,17-,18+,19+,22+,23+,25+,26-/m1/s1. The normalized spacial score (nSPS) is 48.0. The van der Waals surface area contributed by atoms with Gasteiger partial charge in [-0.3, -0.25) is 14.4 Å². The minimum absolute atomic E-state index is 0.0557. The molecule has 5 nitrogen and oxygen atoms in total. The summed E-state index contributed by atoms with van der Waals surface area (Å²) in [6.07, 6.45) is 5.91. The molecule has 0 aromatic rings. The van der Waals surface area contributed by atoms with Gasteiger partial charge in [0, 0.05) is 30.6 Å². The van der Waals surface area contributed by atoms with Crippen LogP contribution in [0.15, 0.2) is 0 Å². The lowest BCUT2D eigenvalue weighted by Crippen LogP contribution is -2.63. The quantitative estimate of drug-likeness (QED) is 0.667. The topological polar surface area (TPSA) is 91.7 Å². The second-order valence-corrected chi connectivity index (χ2v) is 11.8. The molecule has 0 aromatic heterocycles. The highest BCUT2D eigenvalue weighted by atomic mass is 16.4. The third-order valence-corrected chi connectivity index (χ3v) is 10.4. The number of hydrogen-bond donors (Lipinski definition) is 2. The fraction of sp³-hybridized carbons (Fsp3) is 0.885. The summed E-state index contributed by atoms with van der Waals surface area (Å²) in [7, 11) is 0. The number of aliphatic hydroxyl groups is 1. The van der Waals surface area contributed by atoms with Crippen molar-refractivity contribution in [2.24, 2.45) is 52.3 Å². The Morgan fingerprint density at radius 3 is 2.48 bits per heavy atom. The molecule has 0 aliphatic heterocycles. The molecule has 4 aliphatic rings. The third kappa shape index (κ3) is 3.41. The zero-order valence-corrected chi connectivity index (χ0v) is 19.6. The van der Waals surface area contributed by atoms with Crippen LogP contribution in [-0.2, 0) is 14.4 Å². The van der Waals surface area contributed by atoms with E-state index in [1.807, 2.05) is 0 Å². The van der Waals surface area contributed by atoms with E-state index in [-0.39, 0.29) is 70.4 Å². The number of rotatable bonds is 5. The number of fused-ring (bicyclic) bond motifs is 5. The maximum atomic E-state index is 13.9. The highest BCUT2D eigenvalue weighted by molar-refractivity contribution is 5.95. The molecule has 0 spiro atoms. The molecule has 2 N–H and O–H groups in total. The number of Topliss-reactive ketones (excluding diaryl/α,β-unsaturated/α-hetero) is 2. The molecule has 0 aromatic carbocycles. The third-order valence-electron chi connectivity index (χ3n) is 10.4. The van der Waals surface area contributed by atoms with Gasteiger partial charge in [-0.25, -0.2) is 0 Å². The average Bonchev–Trinajstić information content (AvgIpc) is 3.04. The molecule has 0 heterocycles. The molecule has 174 valence electrons. The molecule has 0 saturated heterocycles. The Hall–Kier alpha value is -1.23. The SMILES string of the molecule is CC[C@H]1C(=O)[C@H]2[C@@H]3CC[C@H]([C@H](C)CCC(=O)O)[C@@]3(C)CC(=O)[C@@H]2[C@@]2(C)CC[C@@H](O)C[C@@H]12. The van der Waals surface area contributed by atoms with Crippen LogP contribution in [0.4, 0.5) is 0 Å². The molecule has 5 heteroatoms. The van der Waals surface area contributed by atoms with Crippen molar-refractivity contribution in [2.45, 2.75) is 91.6 Å². The van der Waals surface area contributed by atoms with E-state index in [0.717, 1.165) is 32.1 Å². The lowest BCUT2D eigenvalue weighted by atomic mass is 9.41. The molecule has 10 atom stereocenters. The molecule has 4 saturated carbocycles. The van der Waals surface area contributed by atoms with Gasteiger partial charge in [0.05, 0.1) is 6.10 Å². The van der Waals surface area contributed by atoms with Gasteiger partial charge in [0.1, 0.15) is 11.6 Å². The van der Waals surface area contributed by atoms with Crippen LogP contribution in [0.2, 0.25) is 0 Å². The molecule has 4 rings (SSSR count). The number of aliphatic hydroxyl groups excluding tert-OH is 1. The van der Waals surface area contributed by atoms with E-state index in [1.165, 1.54) is 0 Å². The molecule has 0 bridgehead atoms. The number of carboxylic acid groups (broad SMARTS) is 1. The minimum atomic E-state index is -0.766. The molecular formula is C26H40O5. The van der Waals surface area contributed by atoms with E-state index in [9.17, 15) is 19.5 Å². The van der Waals surface area contributed by atoms with Crippen LogP contribution in [0.5, 0.6) is 0 Å². The van der Waals surface area contributed by atoms with Gasteiger partial charge in [-0.2, -0.15) is 0 Å². The van der Waals surface area contributed by atoms with E-state index in [1.54, 1.807) is 0 Å². The first-order valence-electron chi connectivity index (χ1n) is 12.5. The van der Waals surface area contributed by atoms with Crippen LogP contribution in [-0.4, -0.2) is 33.9 Å². The van der Waals surface area contributed by atoms with Gasteiger partial charge < -0.3 is 10.2 Å². The van der Waals surface area contributed by atoms with E-state index in [2.05, 4.69) is 27.7 Å². The summed E-state index contributed by atoms with van der Waals surface area (Å²) in [5.41, 5.74) is -0.397. The van der Waals surface area contributed by atoms with Crippen LogP contribution < -0.4 is 0 Å². The Kier molecular flexibility index (Phi) is 5.90. The van der Waals surface area contributed by atoms with Crippen molar-refractivity contribution in [1.29, 1.82) is 0 Å². The highest BCUT2D eigenvalue weighted by Crippen LogP contribution is 2.67. The van der Waals surface area contributed by atoms with Gasteiger partial charge in [-0.1, -0.05) is 27.7 Å². The maximum absolute atomic E-state index is 13.9. The average molecular weight is 433 g/mol. The van der Waals surface area contributed by atoms with Crippen LogP contribution in [0, 0.1) is 52.3 Å². The molecule has 4 fully saturated rings. The number of carbonyl (C=O) groups is 3. The van der Waals surface area contributed by atoms with Crippen molar-refractivity contribution in [3.63, 3.8) is 0 Å². The van der Waals surface area contributed by atoms with Gasteiger partial charge in [-0.15, -0.1) is 0 Å². The van der Waals surface area contributed by atoms with Crippen molar-refractivity contribution in [3.05, 3.63) is 0 Å². The van der Waals surface area contributed by atoms with Gasteiger partial charge in [0.2, 0.25) is 0 Å². The largest absolute Gasteiger partial charge is 0.481 e. The zero-order valence-electron chi connectivity index (χ0n) is 19.6. The smallest absolute Gasteiger partial charge is 0.303 e. The monoisotopic (exact) mass is 432 g/mol. The van der Waals surface area contributed by atoms with Crippen LogP contribution in [0.25, 0.3) is 0 Å². The number of ketones is 2. The fourth-order valence-corrected chi connectivity index (χ4v) is 8.98. The first-order valence-corrected chi connectivity index (χ1v) is 12.5. The summed E-state index contributed by atoms with van der Waals surface area (Å²) < 4.78 is 0. The van der Waals surface area contributed by atoms with Crippen molar-refractivity contribution >= 4 is 17.5 Å². The zero-order chi connectivity index (χ0) is 22.7. The van der Waals surface area contributed by atoms with Crippen molar-refractivity contribution in [1.82, 2.24) is 0 Å². The number of carbonyl (C=O) groups excluding carboxylic acids is 2. The summed E-state index contributed by atoms with van der Waals surface area (Å²) in [6, 6.07) is 0. The summed E-state index contributed by atoms with van der Waals surface area (Å²) in [4.78, 5) is 38.8. The Balaban J connectivity index is 1.68. The lowest BCUT2D eigenvalue weighted by Gasteiger charge is -2.61. The summed E-state index contributed by atoms with van der Waals surface area (Å²) >= 11 is 0. The Morgan fingerprint density at radius 1 is 1.13 bits per heavy atom. The molecule has 0 amide bonds. The number of hydrogen-bond acceptors (Lipinski definition) is 4. The van der Waals surface area contributed by atoms with Crippen LogP contribution in [0.3, 0.4) is 0 Å². The Bertz CT molecular complexity index is 761. The second kappa shape index (κ2) is 7.97. The lowest BCUT2D eigenvalue weighted by molar-refractivity contribution is -0.179. The Morgan fingerprint density at radius 2 is 1.84 bits per heavy atom. The van der Waals surface area contributed by atoms with Crippen molar-refractivity contribution in [3.8, 4) is 0 Å². The van der Waals surface area contributed by atoms with Crippen LogP contribution in [0.1, 0.15) is 85.5 Å². The summed E-state index contributed by atoms with van der Waals surface area (Å²) in [5.74, 6) is 0.194. The second-order valence-electron chi connectivity index (χ2n) is 11.8. The van der Waals surface area contributed by atoms with Crippen molar-refractivity contribution < 1.29 is 24.6 Å². The molecular weight excluding hydrogens is 392 g/mol. The molecule has 0 unspecified atom stereocenters. The van der Waals surface area contributed by atoms with E-state index in [0.29, 0.717) is 25.2 Å². The predicted molar refractivity (Wildman–Crippen MR) is 117 cm³/mol. The number of carboxylic acids is 1. The summed E-state index contributed by atoms with van der Waals surface area (Å²) in [5, 5.41) is 19.5. The molecule has 31 heavy (non-hydrogen) atoms. The first kappa shape index (κ1) is 22.9. The number of aliphatic carboxylic acids is 1. The highest BCUT2D eigenvalue weighted by Gasteiger charge is 2.67. The Labute approximate surface area is 186 Å². The van der Waals surface area contributed by atoms with Gasteiger partial charge in [0.25, 0.3) is 0 Å². The van der Waals surface area contributed by atoms with E-state index < -0.39 is 5.97 Å². The fourth-order valence-electron chi connectivity index (χ4n) is 8.98. The summed E-state index contributed by atoms with van der Waals surface area (Å²) in [6.45, 7) is 8.67.